The van der Waals surface area contributed by atoms with E-state index in [2.05, 4.69) is 16.0 Å². The molecule has 0 aliphatic rings. The van der Waals surface area contributed by atoms with Crippen molar-refractivity contribution in [2.24, 2.45) is 5.92 Å². The van der Waals surface area contributed by atoms with Crippen LogP contribution in [0, 0.1) is 5.92 Å². The third kappa shape index (κ3) is 10.4. The van der Waals surface area contributed by atoms with Gasteiger partial charge in [-0.1, -0.05) is 25.4 Å². The summed E-state index contributed by atoms with van der Waals surface area (Å²) < 4.78 is 4.72. The lowest BCUT2D eigenvalue weighted by molar-refractivity contribution is -0.145. The van der Waals surface area contributed by atoms with Gasteiger partial charge in [-0.2, -0.15) is 11.8 Å². The lowest BCUT2D eigenvalue weighted by atomic mass is 10.0. The Morgan fingerprint density at radius 2 is 1.72 bits per heavy atom. The fourth-order valence-electron chi connectivity index (χ4n) is 2.86. The Morgan fingerprint density at radius 3 is 2.28 bits per heavy atom. The van der Waals surface area contributed by atoms with Gasteiger partial charge in [0, 0.05) is 23.6 Å². The average molecular weight is 486 g/mol. The second-order valence-electron chi connectivity index (χ2n) is 7.63. The first-order valence-corrected chi connectivity index (χ1v) is 12.1. The van der Waals surface area contributed by atoms with Gasteiger partial charge >= 0.3 is 5.97 Å². The molecular formula is C22H32ClN3O5S. The number of thioether (sulfide) groups is 1. The minimum atomic E-state index is -0.745. The van der Waals surface area contributed by atoms with Gasteiger partial charge in [0.25, 0.3) is 5.91 Å². The van der Waals surface area contributed by atoms with Gasteiger partial charge in [-0.3, -0.25) is 14.4 Å². The maximum Gasteiger partial charge on any atom is 0.328 e. The molecule has 0 aromatic heterocycles. The molecule has 1 aromatic carbocycles. The lowest BCUT2D eigenvalue weighted by Crippen LogP contribution is -2.48. The van der Waals surface area contributed by atoms with E-state index in [1.54, 1.807) is 36.0 Å². The third-order valence-corrected chi connectivity index (χ3v) is 5.41. The molecule has 10 heteroatoms. The second kappa shape index (κ2) is 14.7. The fourth-order valence-corrected chi connectivity index (χ4v) is 3.46. The summed E-state index contributed by atoms with van der Waals surface area (Å²) in [6, 6.07) is 4.91. The van der Waals surface area contributed by atoms with E-state index in [1.165, 1.54) is 7.11 Å². The summed E-state index contributed by atoms with van der Waals surface area (Å²) in [5.41, 5.74) is 0.398. The van der Waals surface area contributed by atoms with Gasteiger partial charge in [0.05, 0.1) is 7.11 Å². The number of methoxy groups -OCH3 is 1. The molecule has 8 nitrogen and oxygen atoms in total. The van der Waals surface area contributed by atoms with Crippen molar-refractivity contribution in [3.05, 3.63) is 34.9 Å². The number of halogens is 1. The number of carbonyl (C=O) groups is 4. The minimum Gasteiger partial charge on any atom is -0.467 e. The lowest BCUT2D eigenvalue weighted by Gasteiger charge is -2.20. The Bertz CT molecular complexity index is 773. The van der Waals surface area contributed by atoms with Crippen molar-refractivity contribution in [2.45, 2.75) is 45.2 Å². The summed E-state index contributed by atoms with van der Waals surface area (Å²) in [5.74, 6) is -0.765. The van der Waals surface area contributed by atoms with Crippen LogP contribution in [0.3, 0.4) is 0 Å². The molecule has 178 valence electrons. The number of rotatable bonds is 13. The molecule has 1 rings (SSSR count). The molecule has 0 aliphatic heterocycles. The van der Waals surface area contributed by atoms with Crippen LogP contribution in [0.1, 0.15) is 43.5 Å². The van der Waals surface area contributed by atoms with Crippen molar-refractivity contribution in [3.63, 3.8) is 0 Å². The number of carbonyl (C=O) groups excluding carboxylic acids is 4. The average Bonchev–Trinajstić information content (AvgIpc) is 2.75. The molecule has 3 amide bonds. The van der Waals surface area contributed by atoms with E-state index in [0.717, 1.165) is 0 Å². The van der Waals surface area contributed by atoms with Crippen LogP contribution in [-0.4, -0.2) is 61.4 Å². The summed E-state index contributed by atoms with van der Waals surface area (Å²) in [7, 11) is 1.27. The predicted molar refractivity (Wildman–Crippen MR) is 127 cm³/mol. The summed E-state index contributed by atoms with van der Waals surface area (Å²) >= 11 is 7.41. The number of esters is 1. The maximum absolute atomic E-state index is 12.6. The molecule has 0 heterocycles. The molecule has 0 radical (unpaired) electrons. The van der Waals surface area contributed by atoms with E-state index in [9.17, 15) is 19.2 Å². The van der Waals surface area contributed by atoms with Gasteiger partial charge in [0.2, 0.25) is 11.8 Å². The molecule has 0 bridgehead atoms. The van der Waals surface area contributed by atoms with Crippen LogP contribution in [0.5, 0.6) is 0 Å². The van der Waals surface area contributed by atoms with Gasteiger partial charge in [-0.25, -0.2) is 4.79 Å². The molecule has 32 heavy (non-hydrogen) atoms. The van der Waals surface area contributed by atoms with E-state index >= 15 is 0 Å². The first-order valence-electron chi connectivity index (χ1n) is 10.4. The van der Waals surface area contributed by atoms with Gasteiger partial charge in [0.15, 0.2) is 0 Å². The minimum absolute atomic E-state index is 0.00195. The summed E-state index contributed by atoms with van der Waals surface area (Å²) in [5, 5.41) is 8.58. The van der Waals surface area contributed by atoms with Gasteiger partial charge in [-0.15, -0.1) is 0 Å². The normalized spacial score (nSPS) is 12.6. The number of nitrogens with one attached hydrogen (secondary N) is 3. The van der Waals surface area contributed by atoms with Crippen LogP contribution in [-0.2, 0) is 19.1 Å². The largest absolute Gasteiger partial charge is 0.467 e. The van der Waals surface area contributed by atoms with Gasteiger partial charge < -0.3 is 20.7 Å². The molecule has 0 aliphatic carbocycles. The smallest absolute Gasteiger partial charge is 0.328 e. The molecular weight excluding hydrogens is 454 g/mol. The van der Waals surface area contributed by atoms with Crippen molar-refractivity contribution in [1.29, 1.82) is 0 Å². The zero-order chi connectivity index (χ0) is 24.1. The number of benzene rings is 1. The second-order valence-corrected chi connectivity index (χ2v) is 9.05. The predicted octanol–water partition coefficient (Wildman–Crippen LogP) is 2.40. The van der Waals surface area contributed by atoms with E-state index in [0.29, 0.717) is 29.2 Å². The SMILES string of the molecule is COC(=O)[C@@H](CCSC)NC(=O)CCNC(=O)[C@H](CC(C)C)NC(=O)c1ccc(Cl)cc1. The monoisotopic (exact) mass is 485 g/mol. The highest BCUT2D eigenvalue weighted by molar-refractivity contribution is 7.98. The molecule has 0 fully saturated rings. The van der Waals surface area contributed by atoms with Crippen LogP contribution in [0.25, 0.3) is 0 Å². The molecule has 0 unspecified atom stereocenters. The first kappa shape index (κ1) is 27.8. The maximum atomic E-state index is 12.6. The van der Waals surface area contributed by atoms with Crippen LogP contribution >= 0.6 is 23.4 Å². The molecule has 1 aromatic rings. The van der Waals surface area contributed by atoms with Crippen molar-refractivity contribution in [2.75, 3.05) is 25.7 Å². The fraction of sp³-hybridized carbons (Fsp3) is 0.545. The van der Waals surface area contributed by atoms with Gasteiger partial charge in [-0.05, 0) is 55.0 Å². The number of hydrogen-bond acceptors (Lipinski definition) is 6. The summed E-state index contributed by atoms with van der Waals surface area (Å²) in [6.07, 6.45) is 2.80. The van der Waals surface area contributed by atoms with Crippen LogP contribution in [0.4, 0.5) is 0 Å². The molecule has 3 N–H and O–H groups in total. The Hall–Kier alpha value is -2.26. The molecule has 0 saturated carbocycles. The first-order chi connectivity index (χ1) is 15.2. The zero-order valence-corrected chi connectivity index (χ0v) is 20.5. The standard InChI is InChI=1S/C22H32ClN3O5S/c1-14(2)13-18(26-20(28)15-5-7-16(23)8-6-15)21(29)24-11-9-19(27)25-17(10-12-32-4)22(30)31-3/h5-8,14,17-18H,9-13H2,1-4H3,(H,24,29)(H,25,27)(H,26,28)/t17-,18+/m1/s1. The highest BCUT2D eigenvalue weighted by atomic mass is 35.5. The number of amides is 3. The van der Waals surface area contributed by atoms with E-state index < -0.39 is 18.1 Å². The summed E-state index contributed by atoms with van der Waals surface area (Å²) in [4.78, 5) is 49.1. The number of hydrogen-bond donors (Lipinski definition) is 3. The zero-order valence-electron chi connectivity index (χ0n) is 18.9. The number of ether oxygens (including phenoxy) is 1. The topological polar surface area (TPSA) is 114 Å². The molecule has 0 saturated heterocycles. The van der Waals surface area contributed by atoms with Gasteiger partial charge in [0.1, 0.15) is 12.1 Å². The van der Waals surface area contributed by atoms with Crippen LogP contribution in [0.2, 0.25) is 5.02 Å². The van der Waals surface area contributed by atoms with Crippen LogP contribution < -0.4 is 16.0 Å². The van der Waals surface area contributed by atoms with E-state index in [4.69, 9.17) is 16.3 Å². The molecule has 0 spiro atoms. The van der Waals surface area contributed by atoms with Crippen molar-refractivity contribution >= 4 is 47.1 Å². The highest BCUT2D eigenvalue weighted by Gasteiger charge is 2.24. The van der Waals surface area contributed by atoms with Crippen molar-refractivity contribution in [1.82, 2.24) is 16.0 Å². The highest BCUT2D eigenvalue weighted by Crippen LogP contribution is 2.11. The Balaban J connectivity index is 2.60. The quantitative estimate of drug-likeness (QED) is 0.370. The van der Waals surface area contributed by atoms with Crippen molar-refractivity contribution < 1.29 is 23.9 Å². The van der Waals surface area contributed by atoms with E-state index in [1.807, 2.05) is 20.1 Å². The Morgan fingerprint density at radius 1 is 1.06 bits per heavy atom. The Kier molecular flexibility index (Phi) is 12.8. The van der Waals surface area contributed by atoms with Crippen molar-refractivity contribution in [3.8, 4) is 0 Å². The molecule has 2 atom stereocenters. The Labute approximate surface area is 198 Å². The van der Waals surface area contributed by atoms with Crippen LogP contribution in [0.15, 0.2) is 24.3 Å². The third-order valence-electron chi connectivity index (χ3n) is 4.52. The van der Waals surface area contributed by atoms with E-state index in [-0.39, 0.29) is 36.6 Å². The summed E-state index contributed by atoms with van der Waals surface area (Å²) in [6.45, 7) is 3.97.